The zero-order valence-electron chi connectivity index (χ0n) is 10.2. The van der Waals surface area contributed by atoms with Gasteiger partial charge in [-0.15, -0.1) is 12.4 Å². The Kier molecular flexibility index (Phi) is 7.52. The Morgan fingerprint density at radius 2 is 1.94 bits per heavy atom. The van der Waals surface area contributed by atoms with Crippen molar-refractivity contribution >= 4 is 12.4 Å². The van der Waals surface area contributed by atoms with Crippen molar-refractivity contribution in [3.8, 4) is 0 Å². The standard InChI is InChI=1S/C11H23NO3.ClH/c1-7(2)5-12-9-4-8(6-15-3)10(13)11(9)14;/h7-14H,4-6H2,1-3H3;1H/t8-,9-,10-,11+;/m1./s1. The van der Waals surface area contributed by atoms with Gasteiger partial charge < -0.3 is 20.3 Å². The summed E-state index contributed by atoms with van der Waals surface area (Å²) in [5.41, 5.74) is 0. The minimum atomic E-state index is -0.663. The van der Waals surface area contributed by atoms with Crippen molar-refractivity contribution in [1.82, 2.24) is 5.32 Å². The summed E-state index contributed by atoms with van der Waals surface area (Å²) >= 11 is 0. The molecule has 4 atom stereocenters. The van der Waals surface area contributed by atoms with Crippen molar-refractivity contribution in [3.05, 3.63) is 0 Å². The summed E-state index contributed by atoms with van der Waals surface area (Å²) in [6, 6.07) is 0.00236. The molecule has 1 aliphatic carbocycles. The van der Waals surface area contributed by atoms with Gasteiger partial charge in [0.2, 0.25) is 0 Å². The minimum Gasteiger partial charge on any atom is -0.390 e. The first-order valence-corrected chi connectivity index (χ1v) is 5.64. The van der Waals surface area contributed by atoms with Crippen LogP contribution < -0.4 is 5.32 Å². The van der Waals surface area contributed by atoms with Gasteiger partial charge in [0.25, 0.3) is 0 Å². The van der Waals surface area contributed by atoms with Crippen LogP contribution in [-0.2, 0) is 4.74 Å². The highest BCUT2D eigenvalue weighted by molar-refractivity contribution is 5.85. The van der Waals surface area contributed by atoms with Gasteiger partial charge in [-0.1, -0.05) is 13.8 Å². The van der Waals surface area contributed by atoms with Crippen LogP contribution in [0.4, 0.5) is 0 Å². The maximum Gasteiger partial charge on any atom is 0.0955 e. The molecule has 0 amide bonds. The lowest BCUT2D eigenvalue weighted by molar-refractivity contribution is -0.00601. The van der Waals surface area contributed by atoms with Crippen molar-refractivity contribution in [1.29, 1.82) is 0 Å². The zero-order chi connectivity index (χ0) is 11.4. The molecule has 4 nitrogen and oxygen atoms in total. The lowest BCUT2D eigenvalue weighted by atomic mass is 10.1. The van der Waals surface area contributed by atoms with Crippen LogP contribution in [0.25, 0.3) is 0 Å². The molecule has 1 saturated carbocycles. The fraction of sp³-hybridized carbons (Fsp3) is 1.00. The highest BCUT2D eigenvalue weighted by Crippen LogP contribution is 2.27. The Balaban J connectivity index is 0.00000225. The summed E-state index contributed by atoms with van der Waals surface area (Å²) in [7, 11) is 1.62. The average Bonchev–Trinajstić information content (AvgIpc) is 2.44. The van der Waals surface area contributed by atoms with Gasteiger partial charge in [0.05, 0.1) is 18.8 Å². The SMILES string of the molecule is COC[C@H]1C[C@@H](NCC(C)C)[C@H](O)[C@@H]1O.Cl. The third-order valence-electron chi connectivity index (χ3n) is 2.97. The van der Waals surface area contributed by atoms with E-state index in [0.717, 1.165) is 13.0 Å². The summed E-state index contributed by atoms with van der Waals surface area (Å²) in [4.78, 5) is 0. The summed E-state index contributed by atoms with van der Waals surface area (Å²) in [6.45, 7) is 5.63. The first-order valence-electron chi connectivity index (χ1n) is 5.64. The predicted octanol–water partition coefficient (Wildman–Crippen LogP) is 0.410. The van der Waals surface area contributed by atoms with Crippen molar-refractivity contribution in [3.63, 3.8) is 0 Å². The average molecular weight is 254 g/mol. The smallest absolute Gasteiger partial charge is 0.0955 e. The van der Waals surface area contributed by atoms with Gasteiger partial charge in [0.15, 0.2) is 0 Å². The van der Waals surface area contributed by atoms with Crippen LogP contribution in [-0.4, -0.2) is 48.7 Å². The number of hydrogen-bond acceptors (Lipinski definition) is 4. The fourth-order valence-electron chi connectivity index (χ4n) is 2.09. The van der Waals surface area contributed by atoms with E-state index < -0.39 is 12.2 Å². The summed E-state index contributed by atoms with van der Waals surface area (Å²) in [5, 5.41) is 22.8. The van der Waals surface area contributed by atoms with Crippen LogP contribution in [0.3, 0.4) is 0 Å². The first-order chi connectivity index (χ1) is 7.06. The second-order valence-electron chi connectivity index (χ2n) is 4.84. The van der Waals surface area contributed by atoms with Gasteiger partial charge in [-0.25, -0.2) is 0 Å². The highest BCUT2D eigenvalue weighted by atomic mass is 35.5. The van der Waals surface area contributed by atoms with E-state index in [-0.39, 0.29) is 24.4 Å². The van der Waals surface area contributed by atoms with Crippen molar-refractivity contribution < 1.29 is 14.9 Å². The van der Waals surface area contributed by atoms with Crippen LogP contribution in [0.1, 0.15) is 20.3 Å². The van der Waals surface area contributed by atoms with E-state index in [1.165, 1.54) is 0 Å². The third kappa shape index (κ3) is 4.18. The van der Waals surface area contributed by atoms with Crippen LogP contribution in [0.2, 0.25) is 0 Å². The highest BCUT2D eigenvalue weighted by Gasteiger charge is 2.40. The number of ether oxygens (including phenoxy) is 1. The van der Waals surface area contributed by atoms with E-state index in [9.17, 15) is 10.2 Å². The van der Waals surface area contributed by atoms with Gasteiger partial charge in [0.1, 0.15) is 0 Å². The van der Waals surface area contributed by atoms with Crippen LogP contribution in [0, 0.1) is 11.8 Å². The van der Waals surface area contributed by atoms with Crippen molar-refractivity contribution in [2.75, 3.05) is 20.3 Å². The van der Waals surface area contributed by atoms with Crippen LogP contribution in [0.15, 0.2) is 0 Å². The van der Waals surface area contributed by atoms with E-state index in [1.807, 2.05) is 0 Å². The number of aliphatic hydroxyl groups excluding tert-OH is 2. The second-order valence-corrected chi connectivity index (χ2v) is 4.84. The lowest BCUT2D eigenvalue weighted by Gasteiger charge is -2.19. The normalized spacial score (nSPS) is 34.1. The summed E-state index contributed by atoms with van der Waals surface area (Å²) < 4.78 is 5.02. The molecular formula is C11H24ClNO3. The number of aliphatic hydroxyl groups is 2. The Hall–Kier alpha value is 0.130. The molecule has 3 N–H and O–H groups in total. The van der Waals surface area contributed by atoms with Gasteiger partial charge >= 0.3 is 0 Å². The van der Waals surface area contributed by atoms with Crippen LogP contribution >= 0.6 is 12.4 Å². The molecule has 0 unspecified atom stereocenters. The molecule has 1 fully saturated rings. The van der Waals surface area contributed by atoms with Gasteiger partial charge in [-0.05, 0) is 18.9 Å². The number of hydrogen-bond donors (Lipinski definition) is 3. The van der Waals surface area contributed by atoms with Crippen molar-refractivity contribution in [2.45, 2.75) is 38.5 Å². The lowest BCUT2D eigenvalue weighted by Crippen LogP contribution is -2.41. The first kappa shape index (κ1) is 16.1. The molecule has 16 heavy (non-hydrogen) atoms. The van der Waals surface area contributed by atoms with E-state index >= 15 is 0 Å². The molecule has 0 saturated heterocycles. The molecule has 98 valence electrons. The topological polar surface area (TPSA) is 61.7 Å². The molecule has 0 spiro atoms. The molecule has 1 aliphatic rings. The minimum absolute atomic E-state index is 0. The van der Waals surface area contributed by atoms with Gasteiger partial charge in [-0.3, -0.25) is 0 Å². The molecule has 0 bridgehead atoms. The molecular weight excluding hydrogens is 230 g/mol. The Bertz CT molecular complexity index is 192. The molecule has 0 aromatic heterocycles. The molecule has 0 aliphatic heterocycles. The quantitative estimate of drug-likeness (QED) is 0.664. The monoisotopic (exact) mass is 253 g/mol. The predicted molar refractivity (Wildman–Crippen MR) is 65.9 cm³/mol. The number of halogens is 1. The van der Waals surface area contributed by atoms with Crippen molar-refractivity contribution in [2.24, 2.45) is 11.8 Å². The largest absolute Gasteiger partial charge is 0.390 e. The summed E-state index contributed by atoms with van der Waals surface area (Å²) in [5.74, 6) is 0.602. The maximum atomic E-state index is 9.80. The van der Waals surface area contributed by atoms with Gasteiger partial charge in [-0.2, -0.15) is 0 Å². The number of nitrogens with one attached hydrogen (secondary N) is 1. The van der Waals surface area contributed by atoms with Gasteiger partial charge in [0, 0.05) is 19.1 Å². The van der Waals surface area contributed by atoms with E-state index in [0.29, 0.717) is 12.5 Å². The Morgan fingerprint density at radius 1 is 1.31 bits per heavy atom. The number of methoxy groups -OCH3 is 1. The van der Waals surface area contributed by atoms with E-state index in [2.05, 4.69) is 19.2 Å². The molecule has 0 heterocycles. The second kappa shape index (κ2) is 7.45. The van der Waals surface area contributed by atoms with Crippen LogP contribution in [0.5, 0.6) is 0 Å². The van der Waals surface area contributed by atoms with E-state index in [4.69, 9.17) is 4.74 Å². The summed E-state index contributed by atoms with van der Waals surface area (Å²) in [6.07, 6.45) is -0.540. The molecule has 5 heteroatoms. The fourth-order valence-corrected chi connectivity index (χ4v) is 2.09. The maximum absolute atomic E-state index is 9.80. The van der Waals surface area contributed by atoms with E-state index in [1.54, 1.807) is 7.11 Å². The molecule has 0 aromatic carbocycles. The molecule has 0 aromatic rings. The molecule has 1 rings (SSSR count). The molecule has 0 radical (unpaired) electrons. The Morgan fingerprint density at radius 3 is 2.44 bits per heavy atom. The zero-order valence-corrected chi connectivity index (χ0v) is 11.0. The number of rotatable bonds is 5. The Labute approximate surface area is 104 Å². The third-order valence-corrected chi connectivity index (χ3v) is 2.97.